The summed E-state index contributed by atoms with van der Waals surface area (Å²) in [7, 11) is 2.91. The van der Waals surface area contributed by atoms with E-state index in [9.17, 15) is 9.59 Å². The molecule has 0 aromatic heterocycles. The molecule has 0 heterocycles. The minimum atomic E-state index is -0.744. The number of methoxy groups -OCH3 is 2. The summed E-state index contributed by atoms with van der Waals surface area (Å²) in [6.07, 6.45) is 0.543. The Hall–Kier alpha value is -3.34. The van der Waals surface area contributed by atoms with Gasteiger partial charge >= 0.3 is 5.97 Å². The number of benzene rings is 3. The molecule has 0 saturated heterocycles. The first-order valence-corrected chi connectivity index (χ1v) is 9.07. The number of carbonyl (C=O) groups is 2. The fourth-order valence-corrected chi connectivity index (χ4v) is 3.11. The molecule has 0 saturated carbocycles. The third-order valence-corrected chi connectivity index (χ3v) is 4.60. The van der Waals surface area contributed by atoms with Crippen LogP contribution in [-0.2, 0) is 27.2 Å². The number of rotatable bonds is 7. The molecule has 0 fully saturated rings. The zero-order valence-electron chi connectivity index (χ0n) is 16.0. The average Bonchev–Trinajstić information content (AvgIpc) is 2.73. The van der Waals surface area contributed by atoms with E-state index in [1.807, 2.05) is 66.7 Å². The summed E-state index contributed by atoms with van der Waals surface area (Å²) in [5, 5.41) is 5.00. The Balaban J connectivity index is 1.68. The summed E-state index contributed by atoms with van der Waals surface area (Å²) in [5.41, 5.74) is 1.80. The topological polar surface area (TPSA) is 64.6 Å². The van der Waals surface area contributed by atoms with Crippen molar-refractivity contribution in [1.29, 1.82) is 0 Å². The van der Waals surface area contributed by atoms with E-state index >= 15 is 0 Å². The smallest absolute Gasteiger partial charge is 0.328 e. The number of hydrogen-bond acceptors (Lipinski definition) is 4. The largest absolute Gasteiger partial charge is 0.497 e. The number of hydrogen-bond donors (Lipinski definition) is 1. The molecule has 3 aromatic carbocycles. The summed E-state index contributed by atoms with van der Waals surface area (Å²) in [4.78, 5) is 24.7. The second-order valence-corrected chi connectivity index (χ2v) is 6.55. The van der Waals surface area contributed by atoms with Crippen LogP contribution < -0.4 is 10.1 Å². The van der Waals surface area contributed by atoms with Crippen LogP contribution in [0.5, 0.6) is 5.75 Å². The van der Waals surface area contributed by atoms with E-state index in [2.05, 4.69) is 5.32 Å². The Kier molecular flexibility index (Phi) is 6.27. The summed E-state index contributed by atoms with van der Waals surface area (Å²) in [6.45, 7) is 0. The van der Waals surface area contributed by atoms with Gasteiger partial charge in [-0.15, -0.1) is 0 Å². The van der Waals surface area contributed by atoms with Crippen LogP contribution in [0, 0.1) is 0 Å². The summed E-state index contributed by atoms with van der Waals surface area (Å²) in [5.74, 6) is 0.0422. The zero-order chi connectivity index (χ0) is 19.9. The third-order valence-electron chi connectivity index (χ3n) is 4.60. The molecule has 3 aromatic rings. The molecule has 0 aliphatic rings. The van der Waals surface area contributed by atoms with Crippen LogP contribution in [0.3, 0.4) is 0 Å². The van der Waals surface area contributed by atoms with Crippen molar-refractivity contribution in [1.82, 2.24) is 5.32 Å². The molecule has 3 rings (SSSR count). The molecule has 1 atom stereocenters. The Morgan fingerprint density at radius 3 is 2.25 bits per heavy atom. The quantitative estimate of drug-likeness (QED) is 0.642. The van der Waals surface area contributed by atoms with Gasteiger partial charge in [0.1, 0.15) is 11.8 Å². The van der Waals surface area contributed by atoms with Gasteiger partial charge in [-0.05, 0) is 34.0 Å². The van der Waals surface area contributed by atoms with Crippen molar-refractivity contribution in [3.8, 4) is 5.75 Å². The van der Waals surface area contributed by atoms with Crippen LogP contribution in [0.1, 0.15) is 11.1 Å². The predicted octanol–water partition coefficient (Wildman–Crippen LogP) is 3.29. The molecule has 5 heteroatoms. The minimum Gasteiger partial charge on any atom is -0.497 e. The van der Waals surface area contributed by atoms with Crippen molar-refractivity contribution in [3.63, 3.8) is 0 Å². The molecule has 5 nitrogen and oxygen atoms in total. The fourth-order valence-electron chi connectivity index (χ4n) is 3.11. The van der Waals surface area contributed by atoms with Crippen molar-refractivity contribution in [2.24, 2.45) is 0 Å². The van der Waals surface area contributed by atoms with Gasteiger partial charge in [0, 0.05) is 6.42 Å². The van der Waals surface area contributed by atoms with Gasteiger partial charge in [0.05, 0.1) is 20.6 Å². The molecule has 1 N–H and O–H groups in total. The maximum Gasteiger partial charge on any atom is 0.328 e. The monoisotopic (exact) mass is 377 g/mol. The number of carbonyl (C=O) groups excluding carboxylic acids is 2. The van der Waals surface area contributed by atoms with Crippen LogP contribution >= 0.6 is 0 Å². The molecule has 0 aliphatic carbocycles. The maximum absolute atomic E-state index is 12.5. The summed E-state index contributed by atoms with van der Waals surface area (Å²) in [6, 6.07) is 20.5. The van der Waals surface area contributed by atoms with Gasteiger partial charge in [0.15, 0.2) is 0 Å². The average molecular weight is 377 g/mol. The molecule has 144 valence electrons. The summed E-state index contributed by atoms with van der Waals surface area (Å²) >= 11 is 0. The van der Waals surface area contributed by atoms with E-state index in [1.165, 1.54) is 7.11 Å². The fraction of sp³-hybridized carbons (Fsp3) is 0.217. The van der Waals surface area contributed by atoms with Crippen LogP contribution in [0.2, 0.25) is 0 Å². The van der Waals surface area contributed by atoms with Crippen molar-refractivity contribution in [2.45, 2.75) is 18.9 Å². The molecule has 0 spiro atoms. The second kappa shape index (κ2) is 9.04. The molecule has 0 unspecified atom stereocenters. The van der Waals surface area contributed by atoms with Gasteiger partial charge in [-0.2, -0.15) is 0 Å². The Morgan fingerprint density at radius 1 is 0.893 bits per heavy atom. The highest BCUT2D eigenvalue weighted by molar-refractivity contribution is 5.88. The lowest BCUT2D eigenvalue weighted by atomic mass is 10.0. The molecular weight excluding hydrogens is 354 g/mol. The van der Waals surface area contributed by atoms with Gasteiger partial charge in [-0.1, -0.05) is 54.6 Å². The Morgan fingerprint density at radius 2 is 1.57 bits per heavy atom. The minimum absolute atomic E-state index is 0.195. The van der Waals surface area contributed by atoms with Gasteiger partial charge in [-0.25, -0.2) is 4.79 Å². The highest BCUT2D eigenvalue weighted by Gasteiger charge is 2.22. The summed E-state index contributed by atoms with van der Waals surface area (Å²) < 4.78 is 10.0. The predicted molar refractivity (Wildman–Crippen MR) is 108 cm³/mol. The lowest BCUT2D eigenvalue weighted by molar-refractivity contribution is -0.145. The molecular formula is C23H23NO4. The normalized spacial score (nSPS) is 11.6. The standard InChI is InChI=1S/C23H23NO4/c1-27-20-11-8-16(9-12-20)14-21(23(26)28-2)24-22(25)15-17-7-10-18-5-3-4-6-19(18)13-17/h3-13,21H,14-15H2,1-2H3,(H,24,25)/t21-/m0/s1. The zero-order valence-corrected chi connectivity index (χ0v) is 16.0. The molecule has 0 aliphatic heterocycles. The Labute approximate surface area is 164 Å². The van der Waals surface area contributed by atoms with Crippen LogP contribution in [-0.4, -0.2) is 32.1 Å². The van der Waals surface area contributed by atoms with E-state index in [0.29, 0.717) is 6.42 Å². The lowest BCUT2D eigenvalue weighted by Crippen LogP contribution is -2.43. The third kappa shape index (κ3) is 4.88. The van der Waals surface area contributed by atoms with Crippen LogP contribution in [0.4, 0.5) is 0 Å². The number of esters is 1. The Bertz CT molecular complexity index is 966. The number of nitrogens with one attached hydrogen (secondary N) is 1. The van der Waals surface area contributed by atoms with Crippen LogP contribution in [0.15, 0.2) is 66.7 Å². The maximum atomic E-state index is 12.5. The van der Waals surface area contributed by atoms with E-state index in [4.69, 9.17) is 9.47 Å². The first kappa shape index (κ1) is 19.4. The van der Waals surface area contributed by atoms with E-state index in [-0.39, 0.29) is 12.3 Å². The van der Waals surface area contributed by atoms with Gasteiger partial charge in [-0.3, -0.25) is 4.79 Å². The SMILES string of the molecule is COC(=O)[C@H](Cc1ccc(OC)cc1)NC(=O)Cc1ccc2ccccc2c1. The second-order valence-electron chi connectivity index (χ2n) is 6.55. The van der Waals surface area contributed by atoms with E-state index < -0.39 is 12.0 Å². The molecule has 1 amide bonds. The van der Waals surface area contributed by atoms with E-state index in [1.54, 1.807) is 7.11 Å². The van der Waals surface area contributed by atoms with Gasteiger partial charge < -0.3 is 14.8 Å². The van der Waals surface area contributed by atoms with Crippen molar-refractivity contribution < 1.29 is 19.1 Å². The number of amides is 1. The van der Waals surface area contributed by atoms with Crippen molar-refractivity contribution >= 4 is 22.6 Å². The molecule has 0 bridgehead atoms. The lowest BCUT2D eigenvalue weighted by Gasteiger charge is -2.17. The highest BCUT2D eigenvalue weighted by Crippen LogP contribution is 2.16. The molecule has 28 heavy (non-hydrogen) atoms. The van der Waals surface area contributed by atoms with E-state index in [0.717, 1.165) is 27.6 Å². The highest BCUT2D eigenvalue weighted by atomic mass is 16.5. The first-order valence-electron chi connectivity index (χ1n) is 9.07. The van der Waals surface area contributed by atoms with Crippen LogP contribution in [0.25, 0.3) is 10.8 Å². The van der Waals surface area contributed by atoms with Crippen molar-refractivity contribution in [2.75, 3.05) is 14.2 Å². The van der Waals surface area contributed by atoms with Gasteiger partial charge in [0.2, 0.25) is 5.91 Å². The number of ether oxygens (including phenoxy) is 2. The van der Waals surface area contributed by atoms with Gasteiger partial charge in [0.25, 0.3) is 0 Å². The first-order chi connectivity index (χ1) is 13.6. The number of fused-ring (bicyclic) bond motifs is 1. The van der Waals surface area contributed by atoms with Crippen molar-refractivity contribution in [3.05, 3.63) is 77.9 Å². The molecule has 0 radical (unpaired) electrons.